The average Bonchev–Trinajstić information content (AvgIpc) is 2.85. The first-order valence-electron chi connectivity index (χ1n) is 7.38. The van der Waals surface area contributed by atoms with Crippen LogP contribution in [0.3, 0.4) is 0 Å². The van der Waals surface area contributed by atoms with Gasteiger partial charge in [0.15, 0.2) is 0 Å². The Bertz CT molecular complexity index is 410. The molecule has 3 rings (SSSR count). The molecule has 1 aromatic heterocycles. The molecule has 3 heterocycles. The quantitative estimate of drug-likeness (QED) is 0.917. The predicted octanol–water partition coefficient (Wildman–Crippen LogP) is 3.60. The van der Waals surface area contributed by atoms with Crippen LogP contribution in [0.15, 0.2) is 15.7 Å². The molecule has 2 aliphatic rings. The van der Waals surface area contributed by atoms with Crippen LogP contribution in [0, 0.1) is 5.92 Å². The number of thioether (sulfide) groups is 1. The molecule has 1 N–H and O–H groups in total. The maximum absolute atomic E-state index is 3.85. The number of likely N-dealkylation sites (tertiary alicyclic amines) is 1. The Hall–Kier alpha value is -0.0300. The summed E-state index contributed by atoms with van der Waals surface area (Å²) in [6, 6.07) is 2.92. The molecule has 1 fully saturated rings. The predicted molar refractivity (Wildman–Crippen MR) is 85.2 cm³/mol. The van der Waals surface area contributed by atoms with Gasteiger partial charge in [0.05, 0.1) is 4.21 Å². The van der Waals surface area contributed by atoms with Crippen LogP contribution >= 0.6 is 23.1 Å². The third-order valence-corrected chi connectivity index (χ3v) is 6.74. The minimum absolute atomic E-state index is 0.595. The van der Waals surface area contributed by atoms with E-state index in [2.05, 4.69) is 47.4 Å². The largest absolute Gasteiger partial charge is 0.310 e. The SMILES string of the molecule is C[C@H]1CC(NCC2CCN(C)CC2)c2ccsc2S1. The Morgan fingerprint density at radius 3 is 2.95 bits per heavy atom. The van der Waals surface area contributed by atoms with E-state index in [1.807, 2.05) is 11.3 Å². The lowest BCUT2D eigenvalue weighted by Crippen LogP contribution is -2.37. The summed E-state index contributed by atoms with van der Waals surface area (Å²) in [5, 5.41) is 6.85. The minimum Gasteiger partial charge on any atom is -0.310 e. The summed E-state index contributed by atoms with van der Waals surface area (Å²) in [5.74, 6) is 0.878. The number of hydrogen-bond acceptors (Lipinski definition) is 4. The van der Waals surface area contributed by atoms with Gasteiger partial charge in [-0.3, -0.25) is 0 Å². The van der Waals surface area contributed by atoms with Gasteiger partial charge in [-0.2, -0.15) is 0 Å². The van der Waals surface area contributed by atoms with Crippen LogP contribution < -0.4 is 5.32 Å². The zero-order chi connectivity index (χ0) is 13.2. The van der Waals surface area contributed by atoms with Crippen molar-refractivity contribution in [3.05, 3.63) is 17.0 Å². The van der Waals surface area contributed by atoms with Crippen molar-refractivity contribution in [2.45, 2.75) is 41.7 Å². The summed E-state index contributed by atoms with van der Waals surface area (Å²) in [6.45, 7) is 6.10. The zero-order valence-corrected chi connectivity index (χ0v) is 13.5. The van der Waals surface area contributed by atoms with Crippen LogP contribution in [0.1, 0.15) is 37.8 Å². The monoisotopic (exact) mass is 296 g/mol. The molecule has 0 saturated carbocycles. The van der Waals surface area contributed by atoms with Crippen molar-refractivity contribution in [1.82, 2.24) is 10.2 Å². The van der Waals surface area contributed by atoms with Crippen LogP contribution in [-0.2, 0) is 0 Å². The lowest BCUT2D eigenvalue weighted by Gasteiger charge is -2.32. The van der Waals surface area contributed by atoms with E-state index in [1.165, 1.54) is 38.9 Å². The molecular weight excluding hydrogens is 272 g/mol. The molecule has 1 aromatic rings. The second-order valence-corrected chi connectivity index (χ2v) is 8.66. The number of rotatable bonds is 3. The van der Waals surface area contributed by atoms with Crippen molar-refractivity contribution in [3.8, 4) is 0 Å². The molecule has 0 aromatic carbocycles. The molecule has 0 amide bonds. The van der Waals surface area contributed by atoms with E-state index in [1.54, 1.807) is 9.77 Å². The summed E-state index contributed by atoms with van der Waals surface area (Å²) in [6.07, 6.45) is 4.00. The first-order chi connectivity index (χ1) is 9.22. The Balaban J connectivity index is 1.56. The Morgan fingerprint density at radius 1 is 1.37 bits per heavy atom. The number of piperidine rings is 1. The molecule has 0 spiro atoms. The maximum Gasteiger partial charge on any atom is 0.0649 e. The van der Waals surface area contributed by atoms with Crippen molar-refractivity contribution in [3.63, 3.8) is 0 Å². The summed E-state index contributed by atoms with van der Waals surface area (Å²) in [7, 11) is 2.24. The van der Waals surface area contributed by atoms with Crippen LogP contribution in [0.25, 0.3) is 0 Å². The van der Waals surface area contributed by atoms with Crippen LogP contribution in [-0.4, -0.2) is 36.8 Å². The van der Waals surface area contributed by atoms with Gasteiger partial charge in [-0.15, -0.1) is 23.1 Å². The van der Waals surface area contributed by atoms with Crippen molar-refractivity contribution in [2.24, 2.45) is 5.92 Å². The topological polar surface area (TPSA) is 15.3 Å². The number of hydrogen-bond donors (Lipinski definition) is 1. The smallest absolute Gasteiger partial charge is 0.0649 e. The van der Waals surface area contributed by atoms with E-state index in [9.17, 15) is 0 Å². The van der Waals surface area contributed by atoms with E-state index >= 15 is 0 Å². The third-order valence-electron chi connectivity index (χ3n) is 4.40. The number of nitrogens with one attached hydrogen (secondary N) is 1. The Morgan fingerprint density at radius 2 is 2.16 bits per heavy atom. The molecule has 0 aliphatic carbocycles. The van der Waals surface area contributed by atoms with E-state index in [4.69, 9.17) is 0 Å². The van der Waals surface area contributed by atoms with Crippen molar-refractivity contribution in [2.75, 3.05) is 26.7 Å². The first kappa shape index (κ1) is 13.9. The van der Waals surface area contributed by atoms with Gasteiger partial charge in [0.2, 0.25) is 0 Å². The minimum atomic E-state index is 0.595. The zero-order valence-electron chi connectivity index (χ0n) is 11.9. The van der Waals surface area contributed by atoms with Crippen molar-refractivity contribution >= 4 is 23.1 Å². The summed E-state index contributed by atoms with van der Waals surface area (Å²) >= 11 is 3.97. The Labute approximate surface area is 125 Å². The van der Waals surface area contributed by atoms with E-state index in [-0.39, 0.29) is 0 Å². The summed E-state index contributed by atoms with van der Waals surface area (Å²) < 4.78 is 1.54. The fourth-order valence-corrected chi connectivity index (χ4v) is 5.68. The molecule has 2 atom stereocenters. The van der Waals surface area contributed by atoms with Gasteiger partial charge in [-0.25, -0.2) is 0 Å². The van der Waals surface area contributed by atoms with Gasteiger partial charge in [0.25, 0.3) is 0 Å². The first-order valence-corrected chi connectivity index (χ1v) is 9.14. The standard InChI is InChI=1S/C15H24N2S2/c1-11-9-14(13-5-8-18-15(13)19-11)16-10-12-3-6-17(2)7-4-12/h5,8,11-12,14,16H,3-4,6-7,9-10H2,1-2H3/t11-,14?/m0/s1. The van der Waals surface area contributed by atoms with E-state index < -0.39 is 0 Å². The molecule has 1 saturated heterocycles. The number of nitrogens with zero attached hydrogens (tertiary/aromatic N) is 1. The van der Waals surface area contributed by atoms with Gasteiger partial charge in [-0.05, 0) is 68.9 Å². The molecule has 1 unspecified atom stereocenters. The highest BCUT2D eigenvalue weighted by atomic mass is 32.2. The molecule has 2 nitrogen and oxygen atoms in total. The van der Waals surface area contributed by atoms with Crippen LogP contribution in [0.4, 0.5) is 0 Å². The van der Waals surface area contributed by atoms with Crippen molar-refractivity contribution < 1.29 is 0 Å². The molecule has 4 heteroatoms. The number of fused-ring (bicyclic) bond motifs is 1. The molecular formula is C15H24N2S2. The van der Waals surface area contributed by atoms with Gasteiger partial charge < -0.3 is 10.2 Å². The third kappa shape index (κ3) is 3.35. The van der Waals surface area contributed by atoms with Crippen LogP contribution in [0.2, 0.25) is 0 Å². The molecule has 0 radical (unpaired) electrons. The molecule has 2 aliphatic heterocycles. The van der Waals surface area contributed by atoms with Gasteiger partial charge in [0.1, 0.15) is 0 Å². The fraction of sp³-hybridized carbons (Fsp3) is 0.733. The van der Waals surface area contributed by atoms with Gasteiger partial charge in [0, 0.05) is 11.3 Å². The molecule has 19 heavy (non-hydrogen) atoms. The second kappa shape index (κ2) is 6.17. The summed E-state index contributed by atoms with van der Waals surface area (Å²) in [4.78, 5) is 2.45. The highest BCUT2D eigenvalue weighted by Crippen LogP contribution is 2.43. The van der Waals surface area contributed by atoms with E-state index in [0.29, 0.717) is 6.04 Å². The fourth-order valence-electron chi connectivity index (χ4n) is 3.12. The average molecular weight is 297 g/mol. The van der Waals surface area contributed by atoms with Gasteiger partial charge in [-0.1, -0.05) is 6.92 Å². The summed E-state index contributed by atoms with van der Waals surface area (Å²) in [5.41, 5.74) is 1.56. The van der Waals surface area contributed by atoms with Gasteiger partial charge >= 0.3 is 0 Å². The second-order valence-electron chi connectivity index (χ2n) is 6.04. The normalized spacial score (nSPS) is 29.4. The van der Waals surface area contributed by atoms with Crippen molar-refractivity contribution in [1.29, 1.82) is 0 Å². The number of thiophene rings is 1. The lowest BCUT2D eigenvalue weighted by molar-refractivity contribution is 0.211. The molecule has 0 bridgehead atoms. The highest BCUT2D eigenvalue weighted by Gasteiger charge is 2.27. The lowest BCUT2D eigenvalue weighted by atomic mass is 9.96. The van der Waals surface area contributed by atoms with E-state index in [0.717, 1.165) is 11.2 Å². The van der Waals surface area contributed by atoms with Crippen LogP contribution in [0.5, 0.6) is 0 Å². The highest BCUT2D eigenvalue weighted by molar-refractivity contribution is 8.01. The Kier molecular flexibility index (Phi) is 4.52. The maximum atomic E-state index is 3.85. The molecule has 106 valence electrons.